The quantitative estimate of drug-likeness (QED) is 0.703. The number of hydrogen-bond acceptors (Lipinski definition) is 5. The van der Waals surface area contributed by atoms with E-state index in [2.05, 4.69) is 32.1 Å². The second-order valence-corrected chi connectivity index (χ2v) is 7.28. The van der Waals surface area contributed by atoms with Gasteiger partial charge >= 0.3 is 0 Å². The molecule has 0 bridgehead atoms. The van der Waals surface area contributed by atoms with Gasteiger partial charge in [-0.1, -0.05) is 6.92 Å². The van der Waals surface area contributed by atoms with E-state index in [9.17, 15) is 4.79 Å². The van der Waals surface area contributed by atoms with Gasteiger partial charge in [-0.25, -0.2) is 9.97 Å². The van der Waals surface area contributed by atoms with Crippen LogP contribution in [-0.4, -0.2) is 20.4 Å². The molecule has 3 heterocycles. The highest BCUT2D eigenvalue weighted by Crippen LogP contribution is 2.23. The van der Waals surface area contributed by atoms with Crippen LogP contribution in [0.15, 0.2) is 34.6 Å². The third-order valence-electron chi connectivity index (χ3n) is 3.72. The van der Waals surface area contributed by atoms with Crippen molar-refractivity contribution in [3.05, 3.63) is 56.7 Å². The Morgan fingerprint density at radius 1 is 1.42 bits per heavy atom. The van der Waals surface area contributed by atoms with E-state index in [1.54, 1.807) is 28.9 Å². The molecule has 3 aromatic heterocycles. The topological polar surface area (TPSA) is 59.8 Å². The lowest BCUT2D eigenvalue weighted by Gasteiger charge is -2.17. The van der Waals surface area contributed by atoms with Gasteiger partial charge in [0.15, 0.2) is 0 Å². The predicted molar refractivity (Wildman–Crippen MR) is 97.4 cm³/mol. The van der Waals surface area contributed by atoms with Crippen LogP contribution in [0.5, 0.6) is 0 Å². The number of amides is 1. The van der Waals surface area contributed by atoms with E-state index in [1.807, 2.05) is 30.0 Å². The van der Waals surface area contributed by atoms with Crippen molar-refractivity contribution in [1.82, 2.24) is 19.9 Å². The second kappa shape index (κ2) is 7.72. The van der Waals surface area contributed by atoms with Crippen LogP contribution in [0, 0.1) is 6.92 Å². The van der Waals surface area contributed by atoms with Crippen molar-refractivity contribution in [2.24, 2.45) is 0 Å². The fourth-order valence-corrected chi connectivity index (χ4v) is 4.10. The lowest BCUT2D eigenvalue weighted by atomic mass is 10.1. The fourth-order valence-electron chi connectivity index (χ4n) is 2.57. The lowest BCUT2D eigenvalue weighted by molar-refractivity contribution is -0.122. The van der Waals surface area contributed by atoms with Crippen LogP contribution in [0.4, 0.5) is 0 Å². The van der Waals surface area contributed by atoms with Crippen LogP contribution in [0.3, 0.4) is 0 Å². The van der Waals surface area contributed by atoms with Crippen LogP contribution in [0.25, 0.3) is 0 Å². The molecular formula is C17H20N4OS2. The Balaban J connectivity index is 1.72. The Morgan fingerprint density at radius 2 is 2.29 bits per heavy atom. The van der Waals surface area contributed by atoms with Gasteiger partial charge in [-0.05, 0) is 29.3 Å². The molecule has 24 heavy (non-hydrogen) atoms. The molecule has 5 nitrogen and oxygen atoms in total. The SMILES string of the molecule is CCc1nccn1CC(=O)N[C@H](Cc1ccsc1)c1nc(C)cs1. The van der Waals surface area contributed by atoms with E-state index in [0.717, 1.165) is 29.4 Å². The summed E-state index contributed by atoms with van der Waals surface area (Å²) in [5.74, 6) is 0.903. The molecule has 0 saturated carbocycles. The van der Waals surface area contributed by atoms with E-state index in [4.69, 9.17) is 0 Å². The molecule has 1 atom stereocenters. The number of carbonyl (C=O) groups is 1. The molecule has 0 fully saturated rings. The van der Waals surface area contributed by atoms with Crippen molar-refractivity contribution >= 4 is 28.6 Å². The van der Waals surface area contributed by atoms with Crippen LogP contribution < -0.4 is 5.32 Å². The number of hydrogen-bond donors (Lipinski definition) is 1. The summed E-state index contributed by atoms with van der Waals surface area (Å²) in [5.41, 5.74) is 2.21. The summed E-state index contributed by atoms with van der Waals surface area (Å²) >= 11 is 3.26. The standard InChI is InChI=1S/C17H20N4OS2/c1-3-15-18-5-6-21(15)9-16(22)20-14(8-13-4-7-23-11-13)17-19-12(2)10-24-17/h4-7,10-11,14H,3,8-9H2,1-2H3,(H,20,22)/t14-/m1/s1. The minimum atomic E-state index is -0.0978. The van der Waals surface area contributed by atoms with Crippen molar-refractivity contribution in [2.75, 3.05) is 0 Å². The van der Waals surface area contributed by atoms with Crippen molar-refractivity contribution in [3.63, 3.8) is 0 Å². The Hall–Kier alpha value is -1.99. The summed E-state index contributed by atoms with van der Waals surface area (Å²) in [6.45, 7) is 4.30. The van der Waals surface area contributed by atoms with Crippen molar-refractivity contribution in [1.29, 1.82) is 0 Å². The van der Waals surface area contributed by atoms with E-state index in [-0.39, 0.29) is 18.5 Å². The number of nitrogens with zero attached hydrogens (tertiary/aromatic N) is 3. The van der Waals surface area contributed by atoms with Crippen LogP contribution in [0.2, 0.25) is 0 Å². The summed E-state index contributed by atoms with van der Waals surface area (Å²) in [4.78, 5) is 21.3. The van der Waals surface area contributed by atoms with Crippen molar-refractivity contribution in [3.8, 4) is 0 Å². The monoisotopic (exact) mass is 360 g/mol. The van der Waals surface area contributed by atoms with Crippen LogP contribution in [-0.2, 0) is 24.2 Å². The van der Waals surface area contributed by atoms with E-state index >= 15 is 0 Å². The number of thiophene rings is 1. The highest BCUT2D eigenvalue weighted by molar-refractivity contribution is 7.09. The molecule has 3 rings (SSSR count). The number of carbonyl (C=O) groups excluding carboxylic acids is 1. The molecule has 126 valence electrons. The molecule has 0 aliphatic rings. The third-order valence-corrected chi connectivity index (χ3v) is 5.53. The van der Waals surface area contributed by atoms with Crippen LogP contribution in [0.1, 0.15) is 35.1 Å². The minimum absolute atomic E-state index is 0.0178. The molecule has 0 radical (unpaired) electrons. The Bertz CT molecular complexity index is 791. The largest absolute Gasteiger partial charge is 0.345 e. The van der Waals surface area contributed by atoms with Gasteiger partial charge in [-0.3, -0.25) is 4.79 Å². The van der Waals surface area contributed by atoms with E-state index in [0.29, 0.717) is 0 Å². The zero-order valence-corrected chi connectivity index (χ0v) is 15.4. The summed E-state index contributed by atoms with van der Waals surface area (Å²) < 4.78 is 1.89. The second-order valence-electron chi connectivity index (χ2n) is 5.61. The third kappa shape index (κ3) is 4.10. The zero-order chi connectivity index (χ0) is 16.9. The highest BCUT2D eigenvalue weighted by Gasteiger charge is 2.19. The molecule has 0 aromatic carbocycles. The summed E-state index contributed by atoms with van der Waals surface area (Å²) in [5, 5.41) is 10.3. The average Bonchev–Trinajstić information content (AvgIpc) is 3.28. The van der Waals surface area contributed by atoms with Gasteiger partial charge in [0.1, 0.15) is 17.4 Å². The van der Waals surface area contributed by atoms with Gasteiger partial charge in [0.25, 0.3) is 0 Å². The van der Waals surface area contributed by atoms with Gasteiger partial charge < -0.3 is 9.88 Å². The molecule has 1 N–H and O–H groups in total. The molecule has 7 heteroatoms. The maximum absolute atomic E-state index is 12.5. The van der Waals surface area contributed by atoms with Gasteiger partial charge in [-0.15, -0.1) is 11.3 Å². The van der Waals surface area contributed by atoms with Crippen LogP contribution >= 0.6 is 22.7 Å². The number of thiazole rings is 1. The molecule has 1 amide bonds. The number of aryl methyl sites for hydroxylation is 2. The number of nitrogens with one attached hydrogen (secondary N) is 1. The number of imidazole rings is 1. The normalized spacial score (nSPS) is 12.2. The lowest BCUT2D eigenvalue weighted by Crippen LogP contribution is -2.33. The molecule has 0 aliphatic heterocycles. The summed E-state index contributed by atoms with van der Waals surface area (Å²) in [6, 6.07) is 1.99. The van der Waals surface area contributed by atoms with Gasteiger partial charge in [0.2, 0.25) is 5.91 Å². The van der Waals surface area contributed by atoms with Gasteiger partial charge in [-0.2, -0.15) is 11.3 Å². The molecular weight excluding hydrogens is 340 g/mol. The average molecular weight is 361 g/mol. The van der Waals surface area contributed by atoms with Crippen molar-refractivity contribution in [2.45, 2.75) is 39.3 Å². The number of aromatic nitrogens is 3. The maximum atomic E-state index is 12.5. The molecule has 0 aliphatic carbocycles. The molecule has 0 unspecified atom stereocenters. The summed E-state index contributed by atoms with van der Waals surface area (Å²) in [6.07, 6.45) is 5.15. The number of rotatable bonds is 7. The molecule has 3 aromatic rings. The first-order valence-corrected chi connectivity index (χ1v) is 9.70. The van der Waals surface area contributed by atoms with Gasteiger partial charge in [0.05, 0.1) is 6.04 Å². The zero-order valence-electron chi connectivity index (χ0n) is 13.7. The van der Waals surface area contributed by atoms with Gasteiger partial charge in [0, 0.05) is 36.3 Å². The Morgan fingerprint density at radius 3 is 2.96 bits per heavy atom. The highest BCUT2D eigenvalue weighted by atomic mass is 32.1. The maximum Gasteiger partial charge on any atom is 0.240 e. The first-order valence-electron chi connectivity index (χ1n) is 7.88. The first kappa shape index (κ1) is 16.9. The van der Waals surface area contributed by atoms with E-state index < -0.39 is 0 Å². The van der Waals surface area contributed by atoms with Crippen molar-refractivity contribution < 1.29 is 4.79 Å². The molecule has 0 saturated heterocycles. The Kier molecular flexibility index (Phi) is 5.42. The minimum Gasteiger partial charge on any atom is -0.345 e. The smallest absolute Gasteiger partial charge is 0.240 e. The summed E-state index contributed by atoms with van der Waals surface area (Å²) in [7, 11) is 0. The Labute approximate surface area is 149 Å². The van der Waals surface area contributed by atoms with E-state index in [1.165, 1.54) is 5.56 Å². The fraction of sp³-hybridized carbons (Fsp3) is 0.353. The molecule has 0 spiro atoms. The first-order chi connectivity index (χ1) is 11.7. The predicted octanol–water partition coefficient (Wildman–Crippen LogP) is 3.37.